The fourth-order valence-corrected chi connectivity index (χ4v) is 7.08. The van der Waals surface area contributed by atoms with E-state index in [2.05, 4.69) is 35.5 Å². The zero-order valence-electron chi connectivity index (χ0n) is 24.4. The zero-order valence-corrected chi connectivity index (χ0v) is 25.2. The summed E-state index contributed by atoms with van der Waals surface area (Å²) in [6.45, 7) is 5.76. The second kappa shape index (κ2) is 11.8. The minimum absolute atomic E-state index is 0.102. The highest BCUT2D eigenvalue weighted by molar-refractivity contribution is 7.13. The first-order valence-corrected chi connectivity index (χ1v) is 15.6. The van der Waals surface area contributed by atoms with Gasteiger partial charge in [0.25, 0.3) is 0 Å². The van der Waals surface area contributed by atoms with Gasteiger partial charge in [-0.1, -0.05) is 24.3 Å². The minimum Gasteiger partial charge on any atom is -0.478 e. The van der Waals surface area contributed by atoms with Gasteiger partial charge in [0.2, 0.25) is 5.91 Å². The number of thiophene rings is 1. The number of carbonyl (C=O) groups is 2. The standard InChI is InChI=1S/C33H33F3N4O3S/c1-19-16-23(21-10-13-39(14-11-21)31(41)22-6-7-22)8-9-28(19)38-20(2)26-12-15-44-29(26)24-4-3-5-25(17-24)40-30(33(34,35)36)27(18-37-40)32(42)43/h3-5,8-9,12,15-18,20-22,38H,6-7,10-11,13-14H2,1-2H3,(H,42,43). The lowest BCUT2D eigenvalue weighted by molar-refractivity contribution is -0.143. The summed E-state index contributed by atoms with van der Waals surface area (Å²) in [5, 5.41) is 18.6. The topological polar surface area (TPSA) is 87.5 Å². The third kappa shape index (κ3) is 5.97. The molecule has 6 rings (SSSR count). The molecule has 2 N–H and O–H groups in total. The Morgan fingerprint density at radius 1 is 1.07 bits per heavy atom. The van der Waals surface area contributed by atoms with Gasteiger partial charge in [0.05, 0.1) is 11.9 Å². The average Bonchev–Trinajstić information content (AvgIpc) is 3.53. The van der Waals surface area contributed by atoms with Crippen LogP contribution in [-0.2, 0) is 11.0 Å². The van der Waals surface area contributed by atoms with Crippen LogP contribution in [0.15, 0.2) is 60.1 Å². The van der Waals surface area contributed by atoms with Crippen LogP contribution < -0.4 is 5.32 Å². The summed E-state index contributed by atoms with van der Waals surface area (Å²) in [7, 11) is 0. The first kappa shape index (κ1) is 29.9. The molecule has 1 aliphatic carbocycles. The van der Waals surface area contributed by atoms with Crippen molar-refractivity contribution in [2.75, 3.05) is 18.4 Å². The lowest BCUT2D eigenvalue weighted by Gasteiger charge is -2.32. The number of rotatable bonds is 8. The number of amides is 1. The molecular weight excluding hydrogens is 589 g/mol. The number of nitrogens with one attached hydrogen (secondary N) is 1. The summed E-state index contributed by atoms with van der Waals surface area (Å²) in [6.07, 6.45) is -0.154. The molecule has 11 heteroatoms. The van der Waals surface area contributed by atoms with Gasteiger partial charge in [-0.2, -0.15) is 18.3 Å². The van der Waals surface area contributed by atoms with E-state index in [0.29, 0.717) is 22.1 Å². The summed E-state index contributed by atoms with van der Waals surface area (Å²) in [6, 6.07) is 14.9. The van der Waals surface area contributed by atoms with Gasteiger partial charge in [-0.3, -0.25) is 4.79 Å². The summed E-state index contributed by atoms with van der Waals surface area (Å²) in [4.78, 5) is 26.8. The maximum Gasteiger partial charge on any atom is 0.434 e. The number of benzene rings is 2. The maximum absolute atomic E-state index is 13.8. The third-order valence-corrected chi connectivity index (χ3v) is 9.59. The molecule has 4 aromatic rings. The van der Waals surface area contributed by atoms with E-state index >= 15 is 0 Å². The summed E-state index contributed by atoms with van der Waals surface area (Å²) in [5.41, 5.74) is 3.02. The predicted molar refractivity (Wildman–Crippen MR) is 163 cm³/mol. The van der Waals surface area contributed by atoms with E-state index in [0.717, 1.165) is 66.7 Å². The number of piperidine rings is 1. The summed E-state index contributed by atoms with van der Waals surface area (Å²) in [5.74, 6) is -0.667. The first-order chi connectivity index (χ1) is 21.0. The van der Waals surface area contributed by atoms with Gasteiger partial charge in [0.1, 0.15) is 5.56 Å². The Morgan fingerprint density at radius 3 is 2.48 bits per heavy atom. The Balaban J connectivity index is 1.18. The quantitative estimate of drug-likeness (QED) is 0.209. The number of hydrogen-bond acceptors (Lipinski definition) is 5. The van der Waals surface area contributed by atoms with E-state index in [4.69, 9.17) is 0 Å². The van der Waals surface area contributed by atoms with Crippen LogP contribution in [0.25, 0.3) is 16.1 Å². The van der Waals surface area contributed by atoms with Gasteiger partial charge in [-0.05, 0) is 97.3 Å². The molecule has 1 saturated carbocycles. The van der Waals surface area contributed by atoms with Crippen molar-refractivity contribution in [1.29, 1.82) is 0 Å². The summed E-state index contributed by atoms with van der Waals surface area (Å²) >= 11 is 1.48. The van der Waals surface area contributed by atoms with Gasteiger partial charge >= 0.3 is 12.1 Å². The number of aromatic nitrogens is 2. The fourth-order valence-electron chi connectivity index (χ4n) is 6.08. The Labute approximate surface area is 257 Å². The van der Waals surface area contributed by atoms with E-state index < -0.39 is 23.4 Å². The Kier molecular flexibility index (Phi) is 8.00. The molecule has 1 unspecified atom stereocenters. The van der Waals surface area contributed by atoms with Crippen LogP contribution in [0.4, 0.5) is 18.9 Å². The Bertz CT molecular complexity index is 1700. The van der Waals surface area contributed by atoms with Gasteiger partial charge in [0, 0.05) is 35.6 Å². The number of nitrogens with zero attached hydrogens (tertiary/aromatic N) is 3. The van der Waals surface area contributed by atoms with Gasteiger partial charge in [-0.15, -0.1) is 11.3 Å². The van der Waals surface area contributed by atoms with Gasteiger partial charge in [-0.25, -0.2) is 9.48 Å². The molecular formula is C33H33F3N4O3S. The number of carboxylic acids is 1. The van der Waals surface area contributed by atoms with Gasteiger partial charge < -0.3 is 15.3 Å². The number of aryl methyl sites for hydroxylation is 1. The Morgan fingerprint density at radius 2 is 1.82 bits per heavy atom. The molecule has 2 aromatic carbocycles. The number of carboxylic acid groups (broad SMARTS) is 1. The minimum atomic E-state index is -4.90. The van der Waals surface area contributed by atoms with Crippen LogP contribution in [-0.4, -0.2) is 44.8 Å². The Hall–Kier alpha value is -4.12. The van der Waals surface area contributed by atoms with Crippen LogP contribution in [0.5, 0.6) is 0 Å². The van der Waals surface area contributed by atoms with Crippen LogP contribution in [0.3, 0.4) is 0 Å². The number of anilines is 1. The number of likely N-dealkylation sites (tertiary alicyclic amines) is 1. The first-order valence-electron chi connectivity index (χ1n) is 14.7. The van der Waals surface area contributed by atoms with Crippen LogP contribution in [0, 0.1) is 12.8 Å². The SMILES string of the molecule is Cc1cc(C2CCN(C(=O)C3CC3)CC2)ccc1NC(C)c1ccsc1-c1cccc(-n2ncc(C(=O)O)c2C(F)(F)F)c1. The van der Waals surface area contributed by atoms with Crippen molar-refractivity contribution >= 4 is 28.9 Å². The largest absolute Gasteiger partial charge is 0.478 e. The average molecular weight is 623 g/mol. The van der Waals surface area contributed by atoms with Crippen LogP contribution in [0.2, 0.25) is 0 Å². The highest BCUT2D eigenvalue weighted by Gasteiger charge is 2.41. The second-order valence-corrected chi connectivity index (χ2v) is 12.6. The number of alkyl halides is 3. The van der Waals surface area contributed by atoms with E-state index in [1.54, 1.807) is 12.1 Å². The molecule has 0 radical (unpaired) electrons. The smallest absolute Gasteiger partial charge is 0.434 e. The normalized spacial score (nSPS) is 16.6. The van der Waals surface area contributed by atoms with Crippen LogP contribution in [0.1, 0.15) is 77.3 Å². The van der Waals surface area contributed by atoms with Crippen molar-refractivity contribution in [3.05, 3.63) is 88.1 Å². The van der Waals surface area contributed by atoms with Crippen molar-refractivity contribution in [3.63, 3.8) is 0 Å². The number of carbonyl (C=O) groups excluding carboxylic acids is 1. The molecule has 3 heterocycles. The molecule has 2 aromatic heterocycles. The second-order valence-electron chi connectivity index (χ2n) is 11.7. The molecule has 2 fully saturated rings. The highest BCUT2D eigenvalue weighted by Crippen LogP contribution is 2.39. The lowest BCUT2D eigenvalue weighted by Crippen LogP contribution is -2.38. The van der Waals surface area contributed by atoms with Gasteiger partial charge in [0.15, 0.2) is 5.69 Å². The van der Waals surface area contributed by atoms with Crippen LogP contribution >= 0.6 is 11.3 Å². The monoisotopic (exact) mass is 622 g/mol. The molecule has 2 aliphatic rings. The third-order valence-electron chi connectivity index (χ3n) is 8.61. The summed E-state index contributed by atoms with van der Waals surface area (Å²) < 4.78 is 42.1. The molecule has 230 valence electrons. The van der Waals surface area contributed by atoms with E-state index in [1.807, 2.05) is 29.3 Å². The number of aromatic carboxylic acids is 1. The highest BCUT2D eigenvalue weighted by atomic mass is 32.1. The van der Waals surface area contributed by atoms with E-state index in [9.17, 15) is 27.9 Å². The molecule has 0 spiro atoms. The van der Waals surface area contributed by atoms with E-state index in [1.165, 1.54) is 23.0 Å². The molecule has 7 nitrogen and oxygen atoms in total. The van der Waals surface area contributed by atoms with Crippen molar-refractivity contribution in [2.24, 2.45) is 5.92 Å². The molecule has 1 atom stereocenters. The molecule has 1 amide bonds. The molecule has 1 saturated heterocycles. The fraction of sp³-hybridized carbons (Fsp3) is 0.364. The van der Waals surface area contributed by atoms with E-state index in [-0.39, 0.29) is 17.6 Å². The van der Waals surface area contributed by atoms with Crippen molar-refractivity contribution < 1.29 is 27.9 Å². The van der Waals surface area contributed by atoms with Crippen molar-refractivity contribution in [3.8, 4) is 16.1 Å². The van der Waals surface area contributed by atoms with Crippen molar-refractivity contribution in [2.45, 2.75) is 57.7 Å². The molecule has 1 aliphatic heterocycles. The predicted octanol–water partition coefficient (Wildman–Crippen LogP) is 7.92. The van der Waals surface area contributed by atoms with Crippen molar-refractivity contribution in [1.82, 2.24) is 14.7 Å². The lowest BCUT2D eigenvalue weighted by atomic mass is 9.88. The molecule has 44 heavy (non-hydrogen) atoms. The maximum atomic E-state index is 13.8. The number of hydrogen-bond donors (Lipinski definition) is 2. The molecule has 0 bridgehead atoms. The zero-order chi connectivity index (χ0) is 31.2. The number of halogens is 3.